The van der Waals surface area contributed by atoms with Crippen LogP contribution in [0.15, 0.2) is 30.3 Å². The van der Waals surface area contributed by atoms with E-state index in [0.29, 0.717) is 11.1 Å². The van der Waals surface area contributed by atoms with Gasteiger partial charge in [-0.15, -0.1) is 0 Å². The quantitative estimate of drug-likeness (QED) is 0.808. The summed E-state index contributed by atoms with van der Waals surface area (Å²) in [4.78, 5) is 8.63. The molecule has 0 fully saturated rings. The first-order chi connectivity index (χ1) is 10.6. The lowest BCUT2D eigenvalue weighted by Crippen LogP contribution is -2.21. The maximum Gasteiger partial charge on any atom is 0.229 e. The van der Waals surface area contributed by atoms with Gasteiger partial charge in [0, 0.05) is 17.1 Å². The lowest BCUT2D eigenvalue weighted by molar-refractivity contribution is 0.795. The fraction of sp³-hybridized carbons (Fsp3) is 0.353. The second-order valence-corrected chi connectivity index (χ2v) is 5.76. The van der Waals surface area contributed by atoms with Crippen LogP contribution in [-0.2, 0) is 6.42 Å². The number of hydrogen-bond donors (Lipinski definition) is 2. The first kappa shape index (κ1) is 16.4. The SMILES string of the molecule is CCCCc1ccc(NC(=S)Nc2nc(C)cc(C)n2)cc1. The Hall–Kier alpha value is -2.01. The van der Waals surface area contributed by atoms with Crippen molar-refractivity contribution in [2.75, 3.05) is 10.6 Å². The Morgan fingerprint density at radius 1 is 1.05 bits per heavy atom. The molecule has 0 aliphatic heterocycles. The minimum Gasteiger partial charge on any atom is -0.332 e. The normalized spacial score (nSPS) is 10.3. The van der Waals surface area contributed by atoms with Crippen molar-refractivity contribution in [3.05, 3.63) is 47.3 Å². The molecule has 0 unspecified atom stereocenters. The molecular weight excluding hydrogens is 292 g/mol. The number of rotatable bonds is 5. The Bertz CT molecular complexity index is 617. The zero-order chi connectivity index (χ0) is 15.9. The van der Waals surface area contributed by atoms with Crippen molar-refractivity contribution in [2.45, 2.75) is 40.0 Å². The lowest BCUT2D eigenvalue weighted by atomic mass is 10.1. The van der Waals surface area contributed by atoms with Crippen molar-refractivity contribution in [1.29, 1.82) is 0 Å². The van der Waals surface area contributed by atoms with E-state index in [1.54, 1.807) is 0 Å². The van der Waals surface area contributed by atoms with Crippen molar-refractivity contribution >= 4 is 29.0 Å². The number of hydrogen-bond acceptors (Lipinski definition) is 3. The second-order valence-electron chi connectivity index (χ2n) is 5.35. The van der Waals surface area contributed by atoms with Gasteiger partial charge in [-0.3, -0.25) is 0 Å². The summed E-state index contributed by atoms with van der Waals surface area (Å²) in [6.45, 7) is 6.08. The van der Waals surface area contributed by atoms with Crippen molar-refractivity contribution in [1.82, 2.24) is 9.97 Å². The van der Waals surface area contributed by atoms with Gasteiger partial charge >= 0.3 is 0 Å². The summed E-state index contributed by atoms with van der Waals surface area (Å²) in [7, 11) is 0. The van der Waals surface area contributed by atoms with Crippen molar-refractivity contribution in [3.63, 3.8) is 0 Å². The highest BCUT2D eigenvalue weighted by atomic mass is 32.1. The highest BCUT2D eigenvalue weighted by Crippen LogP contribution is 2.12. The van der Waals surface area contributed by atoms with E-state index in [1.165, 1.54) is 18.4 Å². The molecule has 0 radical (unpaired) electrons. The summed E-state index contributed by atoms with van der Waals surface area (Å²) in [5.41, 5.74) is 4.14. The van der Waals surface area contributed by atoms with Crippen LogP contribution in [0.2, 0.25) is 0 Å². The maximum absolute atomic E-state index is 5.31. The molecule has 1 aromatic heterocycles. The van der Waals surface area contributed by atoms with Crippen molar-refractivity contribution in [2.24, 2.45) is 0 Å². The Balaban J connectivity index is 1.93. The van der Waals surface area contributed by atoms with Crippen LogP contribution in [0.1, 0.15) is 36.7 Å². The van der Waals surface area contributed by atoms with Gasteiger partial charge in [-0.1, -0.05) is 25.5 Å². The molecule has 2 aromatic rings. The van der Waals surface area contributed by atoms with Gasteiger partial charge in [0.1, 0.15) is 0 Å². The van der Waals surface area contributed by atoms with E-state index in [9.17, 15) is 0 Å². The first-order valence-corrected chi connectivity index (χ1v) is 7.97. The average molecular weight is 314 g/mol. The predicted molar refractivity (Wildman–Crippen MR) is 96.4 cm³/mol. The number of thiocarbonyl (C=S) groups is 1. The average Bonchev–Trinajstić information content (AvgIpc) is 2.45. The summed E-state index contributed by atoms with van der Waals surface area (Å²) < 4.78 is 0. The van der Waals surface area contributed by atoms with Crippen LogP contribution in [0, 0.1) is 13.8 Å². The predicted octanol–water partition coefficient (Wildman–Crippen LogP) is 4.24. The number of aromatic nitrogens is 2. The van der Waals surface area contributed by atoms with Gasteiger partial charge in [-0.05, 0) is 62.7 Å². The molecule has 0 aliphatic rings. The topological polar surface area (TPSA) is 49.8 Å². The van der Waals surface area contributed by atoms with Crippen LogP contribution < -0.4 is 10.6 Å². The zero-order valence-electron chi connectivity index (χ0n) is 13.3. The van der Waals surface area contributed by atoms with Crippen LogP contribution in [0.25, 0.3) is 0 Å². The van der Waals surface area contributed by atoms with E-state index in [2.05, 4.69) is 39.7 Å². The van der Waals surface area contributed by atoms with Crippen LogP contribution in [0.4, 0.5) is 11.6 Å². The molecule has 0 aliphatic carbocycles. The third kappa shape index (κ3) is 5.07. The molecule has 2 N–H and O–H groups in total. The van der Waals surface area contributed by atoms with Gasteiger partial charge in [0.2, 0.25) is 5.95 Å². The van der Waals surface area contributed by atoms with E-state index in [4.69, 9.17) is 12.2 Å². The van der Waals surface area contributed by atoms with Crippen LogP contribution >= 0.6 is 12.2 Å². The zero-order valence-corrected chi connectivity index (χ0v) is 14.1. The molecule has 1 aromatic carbocycles. The third-order valence-corrected chi connectivity index (χ3v) is 3.44. The van der Waals surface area contributed by atoms with E-state index < -0.39 is 0 Å². The highest BCUT2D eigenvalue weighted by Gasteiger charge is 2.03. The van der Waals surface area contributed by atoms with Crippen LogP contribution in [0.3, 0.4) is 0 Å². The number of nitrogens with zero attached hydrogens (tertiary/aromatic N) is 2. The molecule has 116 valence electrons. The van der Waals surface area contributed by atoms with Gasteiger partial charge in [0.15, 0.2) is 5.11 Å². The minimum atomic E-state index is 0.492. The maximum atomic E-state index is 5.31. The van der Waals surface area contributed by atoms with E-state index in [0.717, 1.165) is 23.5 Å². The molecule has 0 spiro atoms. The fourth-order valence-corrected chi connectivity index (χ4v) is 2.39. The smallest absolute Gasteiger partial charge is 0.229 e. The summed E-state index contributed by atoms with van der Waals surface area (Å²) in [6.07, 6.45) is 3.55. The summed E-state index contributed by atoms with van der Waals surface area (Å²) in [5, 5.41) is 6.66. The van der Waals surface area contributed by atoms with E-state index in [-0.39, 0.29) is 0 Å². The van der Waals surface area contributed by atoms with Crippen LogP contribution in [-0.4, -0.2) is 15.1 Å². The molecule has 0 bridgehead atoms. The summed E-state index contributed by atoms with van der Waals surface area (Å²) in [5.74, 6) is 0.523. The monoisotopic (exact) mass is 314 g/mol. The molecule has 5 heteroatoms. The molecule has 0 atom stereocenters. The van der Waals surface area contributed by atoms with Gasteiger partial charge in [0.05, 0.1) is 0 Å². The highest BCUT2D eigenvalue weighted by molar-refractivity contribution is 7.80. The number of unbranched alkanes of at least 4 members (excludes halogenated alkanes) is 1. The molecule has 22 heavy (non-hydrogen) atoms. The lowest BCUT2D eigenvalue weighted by Gasteiger charge is -2.10. The van der Waals surface area contributed by atoms with Crippen molar-refractivity contribution < 1.29 is 0 Å². The second kappa shape index (κ2) is 7.84. The first-order valence-electron chi connectivity index (χ1n) is 7.56. The minimum absolute atomic E-state index is 0.492. The van der Waals surface area contributed by atoms with Gasteiger partial charge < -0.3 is 10.6 Å². The third-order valence-electron chi connectivity index (χ3n) is 3.24. The number of nitrogens with one attached hydrogen (secondary N) is 2. The molecule has 0 saturated carbocycles. The molecule has 4 nitrogen and oxygen atoms in total. The Morgan fingerprint density at radius 2 is 1.68 bits per heavy atom. The van der Waals surface area contributed by atoms with E-state index >= 15 is 0 Å². The Labute approximate surface area is 137 Å². The largest absolute Gasteiger partial charge is 0.332 e. The van der Waals surface area contributed by atoms with Gasteiger partial charge in [-0.25, -0.2) is 9.97 Å². The van der Waals surface area contributed by atoms with E-state index in [1.807, 2.05) is 32.0 Å². The number of anilines is 2. The Kier molecular flexibility index (Phi) is 5.83. The molecule has 0 saturated heterocycles. The fourth-order valence-electron chi connectivity index (χ4n) is 2.18. The van der Waals surface area contributed by atoms with Crippen LogP contribution in [0.5, 0.6) is 0 Å². The molecular formula is C17H22N4S. The molecule has 0 amide bonds. The number of benzene rings is 1. The number of aryl methyl sites for hydroxylation is 3. The molecule has 2 rings (SSSR count). The standard InChI is InChI=1S/C17H22N4S/c1-4-5-6-14-7-9-15(10-8-14)20-17(22)21-16-18-12(2)11-13(3)19-16/h7-11H,4-6H2,1-3H3,(H2,18,19,20,21,22). The van der Waals surface area contributed by atoms with Gasteiger partial charge in [0.25, 0.3) is 0 Å². The Morgan fingerprint density at radius 3 is 2.27 bits per heavy atom. The van der Waals surface area contributed by atoms with Gasteiger partial charge in [-0.2, -0.15) is 0 Å². The molecule has 1 heterocycles. The summed E-state index contributed by atoms with van der Waals surface area (Å²) in [6, 6.07) is 10.3. The summed E-state index contributed by atoms with van der Waals surface area (Å²) >= 11 is 5.31. The van der Waals surface area contributed by atoms with Crippen molar-refractivity contribution in [3.8, 4) is 0 Å².